The number of hydrogen-bond donors (Lipinski definition) is 1. The highest BCUT2D eigenvalue weighted by Gasteiger charge is 2.09. The SMILES string of the molecule is Cc1cc(C)c2c(=O)cc(-c3cccc(N)c3)oc2c1. The molecule has 0 saturated heterocycles. The number of benzene rings is 2. The van der Waals surface area contributed by atoms with Crippen molar-refractivity contribution >= 4 is 16.7 Å². The molecule has 0 spiro atoms. The van der Waals surface area contributed by atoms with Gasteiger partial charge in [-0.2, -0.15) is 0 Å². The summed E-state index contributed by atoms with van der Waals surface area (Å²) in [7, 11) is 0. The lowest BCUT2D eigenvalue weighted by Crippen LogP contribution is -2.02. The molecular weight excluding hydrogens is 250 g/mol. The van der Waals surface area contributed by atoms with E-state index in [9.17, 15) is 4.79 Å². The van der Waals surface area contributed by atoms with Gasteiger partial charge in [-0.3, -0.25) is 4.79 Å². The first kappa shape index (κ1) is 12.5. The van der Waals surface area contributed by atoms with Crippen LogP contribution in [-0.2, 0) is 0 Å². The molecule has 0 aliphatic carbocycles. The predicted octanol–water partition coefficient (Wildman–Crippen LogP) is 3.66. The second-order valence-corrected chi connectivity index (χ2v) is 5.06. The molecule has 3 nitrogen and oxygen atoms in total. The molecule has 0 aliphatic rings. The van der Waals surface area contributed by atoms with E-state index in [1.54, 1.807) is 12.1 Å². The van der Waals surface area contributed by atoms with Crippen molar-refractivity contribution < 1.29 is 4.42 Å². The van der Waals surface area contributed by atoms with Crippen molar-refractivity contribution in [2.75, 3.05) is 5.73 Å². The summed E-state index contributed by atoms with van der Waals surface area (Å²) in [6, 6.07) is 12.7. The van der Waals surface area contributed by atoms with Gasteiger partial charge in [-0.15, -0.1) is 0 Å². The largest absolute Gasteiger partial charge is 0.456 e. The molecule has 0 saturated carbocycles. The molecule has 0 amide bonds. The lowest BCUT2D eigenvalue weighted by Gasteiger charge is -2.06. The molecule has 0 aliphatic heterocycles. The van der Waals surface area contributed by atoms with E-state index in [1.165, 1.54) is 6.07 Å². The maximum Gasteiger partial charge on any atom is 0.193 e. The van der Waals surface area contributed by atoms with Crippen LogP contribution in [0.25, 0.3) is 22.3 Å². The van der Waals surface area contributed by atoms with E-state index in [0.29, 0.717) is 22.4 Å². The fraction of sp³-hybridized carbons (Fsp3) is 0.118. The lowest BCUT2D eigenvalue weighted by molar-refractivity contribution is 0.618. The molecule has 100 valence electrons. The van der Waals surface area contributed by atoms with Gasteiger partial charge in [0, 0.05) is 17.3 Å². The number of nitrogen functional groups attached to an aromatic ring is 1. The minimum Gasteiger partial charge on any atom is -0.456 e. The topological polar surface area (TPSA) is 56.2 Å². The molecule has 0 bridgehead atoms. The number of anilines is 1. The zero-order valence-electron chi connectivity index (χ0n) is 11.4. The maximum absolute atomic E-state index is 12.3. The van der Waals surface area contributed by atoms with E-state index in [-0.39, 0.29) is 5.43 Å². The van der Waals surface area contributed by atoms with Crippen molar-refractivity contribution in [3.8, 4) is 11.3 Å². The minimum absolute atomic E-state index is 0.0267. The molecule has 0 atom stereocenters. The van der Waals surface area contributed by atoms with Crippen LogP contribution in [0.2, 0.25) is 0 Å². The van der Waals surface area contributed by atoms with Crippen LogP contribution in [0.15, 0.2) is 51.7 Å². The van der Waals surface area contributed by atoms with Crippen LogP contribution < -0.4 is 11.2 Å². The average Bonchev–Trinajstić information content (AvgIpc) is 2.37. The minimum atomic E-state index is -0.0267. The Morgan fingerprint density at radius 3 is 2.60 bits per heavy atom. The Morgan fingerprint density at radius 1 is 1.05 bits per heavy atom. The quantitative estimate of drug-likeness (QED) is 0.683. The Labute approximate surface area is 116 Å². The maximum atomic E-state index is 12.3. The molecule has 1 heterocycles. The Hall–Kier alpha value is -2.55. The highest BCUT2D eigenvalue weighted by molar-refractivity contribution is 5.82. The lowest BCUT2D eigenvalue weighted by atomic mass is 10.1. The first-order valence-electron chi connectivity index (χ1n) is 6.45. The first-order valence-corrected chi connectivity index (χ1v) is 6.45. The number of fused-ring (bicyclic) bond motifs is 1. The standard InChI is InChI=1S/C17H15NO2/c1-10-6-11(2)17-14(19)9-15(20-16(17)7-10)12-4-3-5-13(18)8-12/h3-9H,18H2,1-2H3. The van der Waals surface area contributed by atoms with Crippen molar-refractivity contribution in [3.63, 3.8) is 0 Å². The molecule has 2 aromatic carbocycles. The molecule has 3 rings (SSSR count). The zero-order chi connectivity index (χ0) is 14.3. The van der Waals surface area contributed by atoms with Gasteiger partial charge < -0.3 is 10.2 Å². The van der Waals surface area contributed by atoms with Gasteiger partial charge >= 0.3 is 0 Å². The summed E-state index contributed by atoms with van der Waals surface area (Å²) < 4.78 is 5.89. The molecule has 0 unspecified atom stereocenters. The van der Waals surface area contributed by atoms with Gasteiger partial charge in [0.05, 0.1) is 5.39 Å². The number of aryl methyl sites for hydroxylation is 2. The fourth-order valence-electron chi connectivity index (χ4n) is 2.50. The van der Waals surface area contributed by atoms with Crippen molar-refractivity contribution in [2.45, 2.75) is 13.8 Å². The van der Waals surface area contributed by atoms with Gasteiger partial charge in [0.25, 0.3) is 0 Å². The van der Waals surface area contributed by atoms with Crippen molar-refractivity contribution in [3.05, 3.63) is 63.8 Å². The van der Waals surface area contributed by atoms with Gasteiger partial charge in [0.1, 0.15) is 11.3 Å². The zero-order valence-corrected chi connectivity index (χ0v) is 11.4. The predicted molar refractivity (Wildman–Crippen MR) is 81.8 cm³/mol. The molecule has 20 heavy (non-hydrogen) atoms. The van der Waals surface area contributed by atoms with Crippen LogP contribution in [0.4, 0.5) is 5.69 Å². The van der Waals surface area contributed by atoms with Crippen LogP contribution in [0.1, 0.15) is 11.1 Å². The Morgan fingerprint density at radius 2 is 1.85 bits per heavy atom. The summed E-state index contributed by atoms with van der Waals surface area (Å²) >= 11 is 0. The molecule has 1 aromatic heterocycles. The third-order valence-electron chi connectivity index (χ3n) is 3.34. The number of hydrogen-bond acceptors (Lipinski definition) is 3. The van der Waals surface area contributed by atoms with E-state index in [2.05, 4.69) is 0 Å². The van der Waals surface area contributed by atoms with Gasteiger partial charge in [0.15, 0.2) is 5.43 Å². The van der Waals surface area contributed by atoms with Crippen molar-refractivity contribution in [1.82, 2.24) is 0 Å². The fourth-order valence-corrected chi connectivity index (χ4v) is 2.50. The Bertz CT molecular complexity index is 862. The second-order valence-electron chi connectivity index (χ2n) is 5.06. The third kappa shape index (κ3) is 2.07. The highest BCUT2D eigenvalue weighted by Crippen LogP contribution is 2.25. The number of rotatable bonds is 1. The van der Waals surface area contributed by atoms with Crippen LogP contribution in [0.5, 0.6) is 0 Å². The van der Waals surface area contributed by atoms with Crippen LogP contribution in [0, 0.1) is 13.8 Å². The van der Waals surface area contributed by atoms with Gasteiger partial charge in [-0.05, 0) is 43.2 Å². The smallest absolute Gasteiger partial charge is 0.193 e. The molecule has 3 heteroatoms. The van der Waals surface area contributed by atoms with Crippen LogP contribution in [0.3, 0.4) is 0 Å². The molecule has 0 fully saturated rings. The summed E-state index contributed by atoms with van der Waals surface area (Å²) in [5, 5.41) is 0.642. The van der Waals surface area contributed by atoms with E-state index in [0.717, 1.165) is 16.7 Å². The van der Waals surface area contributed by atoms with Gasteiger partial charge in [-0.25, -0.2) is 0 Å². The third-order valence-corrected chi connectivity index (χ3v) is 3.34. The summed E-state index contributed by atoms with van der Waals surface area (Å²) in [6.45, 7) is 3.91. The normalized spacial score (nSPS) is 10.9. The summed E-state index contributed by atoms with van der Waals surface area (Å²) in [5.41, 5.74) is 9.83. The Balaban J connectivity index is 2.32. The van der Waals surface area contributed by atoms with E-state index < -0.39 is 0 Å². The molecule has 0 radical (unpaired) electrons. The average molecular weight is 265 g/mol. The number of nitrogens with two attached hydrogens (primary N) is 1. The molecular formula is C17H15NO2. The summed E-state index contributed by atoms with van der Waals surface area (Å²) in [5.74, 6) is 0.541. The molecule has 2 N–H and O–H groups in total. The van der Waals surface area contributed by atoms with Crippen molar-refractivity contribution in [2.24, 2.45) is 0 Å². The van der Waals surface area contributed by atoms with Crippen LogP contribution >= 0.6 is 0 Å². The van der Waals surface area contributed by atoms with Crippen molar-refractivity contribution in [1.29, 1.82) is 0 Å². The second kappa shape index (κ2) is 4.53. The van der Waals surface area contributed by atoms with E-state index in [4.69, 9.17) is 10.2 Å². The van der Waals surface area contributed by atoms with Crippen LogP contribution in [-0.4, -0.2) is 0 Å². The van der Waals surface area contributed by atoms with E-state index in [1.807, 2.05) is 38.1 Å². The first-order chi connectivity index (χ1) is 9.54. The monoisotopic (exact) mass is 265 g/mol. The highest BCUT2D eigenvalue weighted by atomic mass is 16.3. The Kier molecular flexibility index (Phi) is 2.83. The summed E-state index contributed by atoms with van der Waals surface area (Å²) in [6.07, 6.45) is 0. The molecule has 3 aromatic rings. The van der Waals surface area contributed by atoms with Gasteiger partial charge in [0.2, 0.25) is 0 Å². The van der Waals surface area contributed by atoms with Gasteiger partial charge in [-0.1, -0.05) is 18.2 Å². The summed E-state index contributed by atoms with van der Waals surface area (Å²) in [4.78, 5) is 12.3. The van der Waals surface area contributed by atoms with E-state index >= 15 is 0 Å².